The zero-order chi connectivity index (χ0) is 17.5. The van der Waals surface area contributed by atoms with Crippen LogP contribution in [0.3, 0.4) is 0 Å². The second kappa shape index (κ2) is 8.29. The van der Waals surface area contributed by atoms with Gasteiger partial charge in [-0.1, -0.05) is 48.5 Å². The van der Waals surface area contributed by atoms with E-state index >= 15 is 0 Å². The summed E-state index contributed by atoms with van der Waals surface area (Å²) in [5.41, 5.74) is 1.82. The van der Waals surface area contributed by atoms with E-state index in [4.69, 9.17) is 0 Å². The van der Waals surface area contributed by atoms with Gasteiger partial charge in [-0.05, 0) is 31.5 Å². The molecule has 0 saturated carbocycles. The number of hydrogen-bond acceptors (Lipinski definition) is 2. The van der Waals surface area contributed by atoms with Crippen LogP contribution in [0.2, 0.25) is 0 Å². The Balaban J connectivity index is 2.15. The Morgan fingerprint density at radius 3 is 1.96 bits per heavy atom. The number of carbonyl (C=O) groups excluding carboxylic acids is 2. The number of carbonyl (C=O) groups is 2. The van der Waals surface area contributed by atoms with Crippen LogP contribution < -0.4 is 4.90 Å². The van der Waals surface area contributed by atoms with Gasteiger partial charge in [0.1, 0.15) is 6.54 Å². The number of amides is 2. The Morgan fingerprint density at radius 1 is 0.917 bits per heavy atom. The summed E-state index contributed by atoms with van der Waals surface area (Å²) in [5.74, 6) is -0.203. The van der Waals surface area contributed by atoms with Gasteiger partial charge in [0, 0.05) is 25.2 Å². The lowest BCUT2D eigenvalue weighted by Crippen LogP contribution is -2.44. The van der Waals surface area contributed by atoms with Crippen LogP contribution >= 0.6 is 0 Å². The molecule has 0 bridgehead atoms. The number of anilines is 1. The molecule has 126 valence electrons. The number of para-hydroxylation sites is 1. The maximum atomic E-state index is 12.8. The molecule has 0 fully saturated rings. The molecule has 0 aliphatic rings. The fourth-order valence-corrected chi connectivity index (χ4v) is 2.56. The highest BCUT2D eigenvalue weighted by Crippen LogP contribution is 2.15. The quantitative estimate of drug-likeness (QED) is 0.816. The molecule has 0 radical (unpaired) electrons. The lowest BCUT2D eigenvalue weighted by Gasteiger charge is -2.30. The smallest absolute Gasteiger partial charge is 0.243 e. The van der Waals surface area contributed by atoms with Crippen LogP contribution in [-0.2, 0) is 16.1 Å². The SMILES string of the molecule is CC(=O)N(CC(=O)N(Cc1ccccc1)C(C)C)c1ccccc1. The lowest BCUT2D eigenvalue weighted by atomic mass is 10.2. The summed E-state index contributed by atoms with van der Waals surface area (Å²) in [4.78, 5) is 28.1. The Bertz CT molecular complexity index is 669. The predicted molar refractivity (Wildman–Crippen MR) is 96.6 cm³/mol. The summed E-state index contributed by atoms with van der Waals surface area (Å²) < 4.78 is 0. The van der Waals surface area contributed by atoms with E-state index in [1.807, 2.05) is 74.5 Å². The van der Waals surface area contributed by atoms with Crippen molar-refractivity contribution in [3.8, 4) is 0 Å². The molecule has 0 heterocycles. The molecule has 0 aliphatic heterocycles. The summed E-state index contributed by atoms with van der Waals surface area (Å²) in [7, 11) is 0. The van der Waals surface area contributed by atoms with Crippen LogP contribution in [0, 0.1) is 0 Å². The van der Waals surface area contributed by atoms with E-state index in [-0.39, 0.29) is 24.4 Å². The second-order valence-electron chi connectivity index (χ2n) is 6.04. The summed E-state index contributed by atoms with van der Waals surface area (Å²) in [6.45, 7) is 6.04. The molecule has 2 aromatic rings. The molecule has 0 unspecified atom stereocenters. The topological polar surface area (TPSA) is 40.6 Å². The fraction of sp³-hybridized carbons (Fsp3) is 0.300. The molecule has 4 nitrogen and oxygen atoms in total. The van der Waals surface area contributed by atoms with Crippen LogP contribution in [0.4, 0.5) is 5.69 Å². The van der Waals surface area contributed by atoms with Crippen LogP contribution in [-0.4, -0.2) is 29.3 Å². The van der Waals surface area contributed by atoms with Crippen molar-refractivity contribution in [1.82, 2.24) is 4.90 Å². The van der Waals surface area contributed by atoms with Gasteiger partial charge in [-0.15, -0.1) is 0 Å². The maximum Gasteiger partial charge on any atom is 0.243 e. The van der Waals surface area contributed by atoms with Crippen molar-refractivity contribution < 1.29 is 9.59 Å². The minimum Gasteiger partial charge on any atom is -0.334 e. The molecule has 24 heavy (non-hydrogen) atoms. The van der Waals surface area contributed by atoms with Crippen molar-refractivity contribution in [1.29, 1.82) is 0 Å². The van der Waals surface area contributed by atoms with Crippen LogP contribution in [0.25, 0.3) is 0 Å². The molecule has 2 aromatic carbocycles. The Hall–Kier alpha value is -2.62. The number of nitrogens with zero attached hydrogens (tertiary/aromatic N) is 2. The van der Waals surface area contributed by atoms with E-state index < -0.39 is 0 Å². The Kier molecular flexibility index (Phi) is 6.13. The number of benzene rings is 2. The predicted octanol–water partition coefficient (Wildman–Crippen LogP) is 3.48. The molecular weight excluding hydrogens is 300 g/mol. The third-order valence-electron chi connectivity index (χ3n) is 3.88. The average Bonchev–Trinajstić information content (AvgIpc) is 2.58. The third kappa shape index (κ3) is 4.69. The highest BCUT2D eigenvalue weighted by Gasteiger charge is 2.22. The molecule has 0 spiro atoms. The third-order valence-corrected chi connectivity index (χ3v) is 3.88. The molecule has 0 N–H and O–H groups in total. The first-order chi connectivity index (χ1) is 11.5. The van der Waals surface area contributed by atoms with Crippen LogP contribution in [0.1, 0.15) is 26.3 Å². The van der Waals surface area contributed by atoms with E-state index in [1.54, 1.807) is 4.90 Å². The van der Waals surface area contributed by atoms with Crippen molar-refractivity contribution in [2.75, 3.05) is 11.4 Å². The van der Waals surface area contributed by atoms with Gasteiger partial charge in [0.05, 0.1) is 0 Å². The largest absolute Gasteiger partial charge is 0.334 e. The molecule has 0 saturated heterocycles. The van der Waals surface area contributed by atoms with Gasteiger partial charge < -0.3 is 9.80 Å². The van der Waals surface area contributed by atoms with Gasteiger partial charge in [-0.3, -0.25) is 9.59 Å². The first kappa shape index (κ1) is 17.7. The van der Waals surface area contributed by atoms with Gasteiger partial charge in [-0.25, -0.2) is 0 Å². The van der Waals surface area contributed by atoms with Crippen molar-refractivity contribution in [2.24, 2.45) is 0 Å². The molecule has 2 amide bonds. The molecular formula is C20H24N2O2. The summed E-state index contributed by atoms with van der Waals surface area (Å²) in [6.07, 6.45) is 0. The molecule has 4 heteroatoms. The number of rotatable bonds is 6. The summed E-state index contributed by atoms with van der Waals surface area (Å²) in [5, 5.41) is 0. The molecule has 0 aromatic heterocycles. The van der Waals surface area contributed by atoms with Crippen molar-refractivity contribution in [2.45, 2.75) is 33.4 Å². The Labute approximate surface area is 143 Å². The second-order valence-corrected chi connectivity index (χ2v) is 6.04. The van der Waals surface area contributed by atoms with Crippen molar-refractivity contribution in [3.05, 3.63) is 66.2 Å². The molecule has 0 atom stereocenters. The maximum absolute atomic E-state index is 12.8. The first-order valence-electron chi connectivity index (χ1n) is 8.15. The first-order valence-corrected chi connectivity index (χ1v) is 8.15. The minimum absolute atomic E-state index is 0.0460. The van der Waals surface area contributed by atoms with Gasteiger partial charge in [-0.2, -0.15) is 0 Å². The van der Waals surface area contributed by atoms with Crippen molar-refractivity contribution in [3.63, 3.8) is 0 Å². The monoisotopic (exact) mass is 324 g/mol. The van der Waals surface area contributed by atoms with Gasteiger partial charge >= 0.3 is 0 Å². The minimum atomic E-state index is -0.141. The van der Waals surface area contributed by atoms with Gasteiger partial charge in [0.15, 0.2) is 0 Å². The standard InChI is InChI=1S/C20H24N2O2/c1-16(2)21(14-18-10-6-4-7-11-18)20(24)15-22(17(3)23)19-12-8-5-9-13-19/h4-13,16H,14-15H2,1-3H3. The lowest BCUT2D eigenvalue weighted by molar-refractivity contribution is -0.133. The molecule has 2 rings (SSSR count). The average molecular weight is 324 g/mol. The zero-order valence-electron chi connectivity index (χ0n) is 14.5. The normalized spacial score (nSPS) is 10.5. The van der Waals surface area contributed by atoms with Gasteiger partial charge in [0.2, 0.25) is 11.8 Å². The Morgan fingerprint density at radius 2 is 1.46 bits per heavy atom. The number of hydrogen-bond donors (Lipinski definition) is 0. The van der Waals surface area contributed by atoms with E-state index in [0.717, 1.165) is 11.3 Å². The van der Waals surface area contributed by atoms with Crippen molar-refractivity contribution >= 4 is 17.5 Å². The fourth-order valence-electron chi connectivity index (χ4n) is 2.56. The zero-order valence-corrected chi connectivity index (χ0v) is 14.5. The summed E-state index contributed by atoms with van der Waals surface area (Å²) >= 11 is 0. The van der Waals surface area contributed by atoms with Crippen LogP contribution in [0.5, 0.6) is 0 Å². The van der Waals surface area contributed by atoms with E-state index in [2.05, 4.69) is 0 Å². The summed E-state index contributed by atoms with van der Waals surface area (Å²) in [6, 6.07) is 19.2. The highest BCUT2D eigenvalue weighted by molar-refractivity contribution is 5.97. The van der Waals surface area contributed by atoms with Gasteiger partial charge in [0.25, 0.3) is 0 Å². The highest BCUT2D eigenvalue weighted by atomic mass is 16.2. The van der Waals surface area contributed by atoms with Crippen LogP contribution in [0.15, 0.2) is 60.7 Å². The van der Waals surface area contributed by atoms with E-state index in [0.29, 0.717) is 6.54 Å². The van der Waals surface area contributed by atoms with E-state index in [9.17, 15) is 9.59 Å². The van der Waals surface area contributed by atoms with E-state index in [1.165, 1.54) is 11.8 Å². The molecule has 0 aliphatic carbocycles.